The Morgan fingerprint density at radius 3 is 2.70 bits per heavy atom. The van der Waals surface area contributed by atoms with Gasteiger partial charge in [0, 0.05) is 17.5 Å². The molecule has 1 fully saturated rings. The number of carbonyl (C=O) groups excluding carboxylic acids is 1. The molecule has 110 valence electrons. The first-order valence-corrected chi connectivity index (χ1v) is 7.59. The van der Waals surface area contributed by atoms with Crippen molar-refractivity contribution in [2.45, 2.75) is 39.5 Å². The van der Waals surface area contributed by atoms with Crippen molar-refractivity contribution in [2.24, 2.45) is 17.1 Å². The first-order valence-electron chi connectivity index (χ1n) is 7.59. The molecule has 0 atom stereocenters. The molecule has 0 heterocycles. The van der Waals surface area contributed by atoms with Crippen LogP contribution >= 0.6 is 0 Å². The Labute approximate surface area is 121 Å². The van der Waals surface area contributed by atoms with E-state index < -0.39 is 0 Å². The standard InChI is InChI=1S/C17H25NO2/c1-3-20-15-6-4-5-14(11-15)16(19)17(12-18)9-7-13(2)8-10-17/h4-6,11,13H,3,7-10,12,18H2,1-2H3. The number of Topliss-reactive ketones (excluding diaryl/α,β-unsaturated/α-hetero) is 1. The summed E-state index contributed by atoms with van der Waals surface area (Å²) in [6, 6.07) is 7.49. The molecule has 2 rings (SSSR count). The van der Waals surface area contributed by atoms with Crippen LogP contribution in [0.15, 0.2) is 24.3 Å². The van der Waals surface area contributed by atoms with Gasteiger partial charge in [-0.05, 0) is 50.7 Å². The van der Waals surface area contributed by atoms with Crippen LogP contribution in [0.1, 0.15) is 49.9 Å². The lowest BCUT2D eigenvalue weighted by atomic mass is 9.67. The van der Waals surface area contributed by atoms with Gasteiger partial charge in [-0.1, -0.05) is 19.1 Å². The number of ketones is 1. The van der Waals surface area contributed by atoms with Gasteiger partial charge in [-0.2, -0.15) is 0 Å². The number of hydrogen-bond acceptors (Lipinski definition) is 3. The molecular weight excluding hydrogens is 250 g/mol. The molecule has 1 aliphatic rings. The second-order valence-electron chi connectivity index (χ2n) is 5.96. The Morgan fingerprint density at radius 1 is 1.40 bits per heavy atom. The number of ether oxygens (including phenoxy) is 1. The lowest BCUT2D eigenvalue weighted by molar-refractivity contribution is 0.0695. The molecule has 0 bridgehead atoms. The van der Waals surface area contributed by atoms with E-state index in [1.165, 1.54) is 0 Å². The van der Waals surface area contributed by atoms with E-state index in [0.717, 1.165) is 37.0 Å². The van der Waals surface area contributed by atoms with Gasteiger partial charge in [0.2, 0.25) is 0 Å². The monoisotopic (exact) mass is 275 g/mol. The van der Waals surface area contributed by atoms with E-state index in [1.54, 1.807) is 0 Å². The molecule has 3 heteroatoms. The summed E-state index contributed by atoms with van der Waals surface area (Å²) in [5.41, 5.74) is 6.34. The topological polar surface area (TPSA) is 52.3 Å². The minimum atomic E-state index is -0.364. The Balaban J connectivity index is 2.22. The average molecular weight is 275 g/mol. The van der Waals surface area contributed by atoms with E-state index >= 15 is 0 Å². The van der Waals surface area contributed by atoms with Crippen molar-refractivity contribution in [3.63, 3.8) is 0 Å². The van der Waals surface area contributed by atoms with E-state index in [0.29, 0.717) is 19.1 Å². The van der Waals surface area contributed by atoms with Crippen LogP contribution in [0.3, 0.4) is 0 Å². The average Bonchev–Trinajstić information content (AvgIpc) is 2.48. The van der Waals surface area contributed by atoms with Gasteiger partial charge < -0.3 is 10.5 Å². The summed E-state index contributed by atoms with van der Waals surface area (Å²) in [4.78, 5) is 12.9. The van der Waals surface area contributed by atoms with Gasteiger partial charge in [0.15, 0.2) is 5.78 Å². The molecule has 1 saturated carbocycles. The zero-order chi connectivity index (χ0) is 14.6. The molecule has 0 saturated heterocycles. The van der Waals surface area contributed by atoms with Crippen molar-refractivity contribution in [1.29, 1.82) is 0 Å². The zero-order valence-electron chi connectivity index (χ0n) is 12.5. The van der Waals surface area contributed by atoms with Gasteiger partial charge in [0.25, 0.3) is 0 Å². The summed E-state index contributed by atoms with van der Waals surface area (Å²) >= 11 is 0. The number of carbonyl (C=O) groups is 1. The van der Waals surface area contributed by atoms with E-state index in [-0.39, 0.29) is 11.2 Å². The first-order chi connectivity index (χ1) is 9.61. The summed E-state index contributed by atoms with van der Waals surface area (Å²) in [7, 11) is 0. The minimum Gasteiger partial charge on any atom is -0.494 e. The van der Waals surface area contributed by atoms with Crippen LogP contribution in [0.2, 0.25) is 0 Å². The quantitative estimate of drug-likeness (QED) is 0.838. The van der Waals surface area contributed by atoms with Gasteiger partial charge in [-0.15, -0.1) is 0 Å². The molecule has 1 aliphatic carbocycles. The molecule has 3 nitrogen and oxygen atoms in total. The zero-order valence-corrected chi connectivity index (χ0v) is 12.5. The molecule has 0 aromatic heterocycles. The van der Waals surface area contributed by atoms with Crippen LogP contribution in [-0.2, 0) is 0 Å². The van der Waals surface area contributed by atoms with Crippen molar-refractivity contribution in [3.8, 4) is 5.75 Å². The van der Waals surface area contributed by atoms with Crippen LogP contribution in [-0.4, -0.2) is 18.9 Å². The highest BCUT2D eigenvalue weighted by atomic mass is 16.5. The maximum absolute atomic E-state index is 12.9. The van der Waals surface area contributed by atoms with Crippen LogP contribution in [0.25, 0.3) is 0 Å². The summed E-state index contributed by atoms with van der Waals surface area (Å²) in [6.45, 7) is 5.24. The highest BCUT2D eigenvalue weighted by Crippen LogP contribution is 2.40. The number of benzene rings is 1. The third-order valence-corrected chi connectivity index (χ3v) is 4.51. The van der Waals surface area contributed by atoms with Crippen LogP contribution in [0, 0.1) is 11.3 Å². The summed E-state index contributed by atoms with van der Waals surface area (Å²) in [5.74, 6) is 1.65. The van der Waals surface area contributed by atoms with Gasteiger partial charge in [0.05, 0.1) is 6.61 Å². The number of nitrogens with two attached hydrogens (primary N) is 1. The second kappa shape index (κ2) is 6.40. The molecule has 0 spiro atoms. The van der Waals surface area contributed by atoms with Crippen LogP contribution in [0.4, 0.5) is 0 Å². The molecule has 0 unspecified atom stereocenters. The van der Waals surface area contributed by atoms with Gasteiger partial charge in [-0.3, -0.25) is 4.79 Å². The molecule has 0 amide bonds. The lowest BCUT2D eigenvalue weighted by Crippen LogP contribution is -2.41. The number of hydrogen-bond donors (Lipinski definition) is 1. The van der Waals surface area contributed by atoms with Crippen LogP contribution in [0.5, 0.6) is 5.75 Å². The minimum absolute atomic E-state index is 0.188. The lowest BCUT2D eigenvalue weighted by Gasteiger charge is -2.37. The molecular formula is C17H25NO2. The van der Waals surface area contributed by atoms with E-state index in [9.17, 15) is 4.79 Å². The fourth-order valence-electron chi connectivity index (χ4n) is 3.04. The van der Waals surface area contributed by atoms with Gasteiger partial charge in [-0.25, -0.2) is 0 Å². The molecule has 1 aromatic carbocycles. The van der Waals surface area contributed by atoms with Crippen molar-refractivity contribution in [3.05, 3.63) is 29.8 Å². The fraction of sp³-hybridized carbons (Fsp3) is 0.588. The Hall–Kier alpha value is -1.35. The van der Waals surface area contributed by atoms with Gasteiger partial charge >= 0.3 is 0 Å². The third kappa shape index (κ3) is 3.04. The second-order valence-corrected chi connectivity index (χ2v) is 5.96. The van der Waals surface area contributed by atoms with Crippen LogP contribution < -0.4 is 10.5 Å². The summed E-state index contributed by atoms with van der Waals surface area (Å²) < 4.78 is 5.48. The first kappa shape index (κ1) is 15.0. The predicted octanol–water partition coefficient (Wildman–Crippen LogP) is 3.42. The highest BCUT2D eigenvalue weighted by molar-refractivity contribution is 6.01. The van der Waals surface area contributed by atoms with Crippen molar-refractivity contribution >= 4 is 5.78 Å². The van der Waals surface area contributed by atoms with Crippen molar-refractivity contribution in [1.82, 2.24) is 0 Å². The van der Waals surface area contributed by atoms with Crippen molar-refractivity contribution in [2.75, 3.05) is 13.2 Å². The Bertz CT molecular complexity index is 462. The van der Waals surface area contributed by atoms with E-state index in [4.69, 9.17) is 10.5 Å². The maximum atomic E-state index is 12.9. The molecule has 0 aliphatic heterocycles. The highest BCUT2D eigenvalue weighted by Gasteiger charge is 2.40. The predicted molar refractivity (Wildman–Crippen MR) is 81.1 cm³/mol. The third-order valence-electron chi connectivity index (χ3n) is 4.51. The largest absolute Gasteiger partial charge is 0.494 e. The summed E-state index contributed by atoms with van der Waals surface area (Å²) in [6.07, 6.45) is 3.99. The molecule has 2 N–H and O–H groups in total. The maximum Gasteiger partial charge on any atom is 0.170 e. The van der Waals surface area contributed by atoms with Gasteiger partial charge in [0.1, 0.15) is 5.75 Å². The molecule has 20 heavy (non-hydrogen) atoms. The fourth-order valence-corrected chi connectivity index (χ4v) is 3.04. The summed E-state index contributed by atoms with van der Waals surface area (Å²) in [5, 5.41) is 0. The van der Waals surface area contributed by atoms with E-state index in [2.05, 4.69) is 6.92 Å². The number of rotatable bonds is 5. The normalized spacial score (nSPS) is 26.2. The Kier molecular flexibility index (Phi) is 4.81. The van der Waals surface area contributed by atoms with Crippen molar-refractivity contribution < 1.29 is 9.53 Å². The molecule has 0 radical (unpaired) electrons. The molecule has 1 aromatic rings. The Morgan fingerprint density at radius 2 is 2.10 bits per heavy atom. The smallest absolute Gasteiger partial charge is 0.170 e. The van der Waals surface area contributed by atoms with E-state index in [1.807, 2.05) is 31.2 Å². The SMILES string of the molecule is CCOc1cccc(C(=O)C2(CN)CCC(C)CC2)c1.